The van der Waals surface area contributed by atoms with Gasteiger partial charge < -0.3 is 5.32 Å². The fourth-order valence-electron chi connectivity index (χ4n) is 1.57. The summed E-state index contributed by atoms with van der Waals surface area (Å²) in [4.78, 5) is 12.1. The molecule has 4 heteroatoms. The molecule has 0 aliphatic heterocycles. The number of carbonyl (C=O) groups is 1. The molecule has 2 aromatic rings. The van der Waals surface area contributed by atoms with Gasteiger partial charge in [0.25, 0.3) is 5.91 Å². The number of benzene rings is 2. The molecule has 0 aliphatic carbocycles. The summed E-state index contributed by atoms with van der Waals surface area (Å²) >= 11 is 9.35. The summed E-state index contributed by atoms with van der Waals surface area (Å²) in [5.41, 5.74) is 2.19. The smallest absolute Gasteiger partial charge is 0.255 e. The quantitative estimate of drug-likeness (QED) is 0.855. The number of hydrogen-bond acceptors (Lipinski definition) is 1. The molecule has 0 saturated heterocycles. The largest absolute Gasteiger partial charge is 0.322 e. The monoisotopic (exact) mass is 323 g/mol. The van der Waals surface area contributed by atoms with Crippen LogP contribution < -0.4 is 5.32 Å². The molecular formula is C14H11BrClNO. The average Bonchev–Trinajstić information content (AvgIpc) is 2.35. The van der Waals surface area contributed by atoms with Crippen LogP contribution in [0.4, 0.5) is 5.69 Å². The highest BCUT2D eigenvalue weighted by molar-refractivity contribution is 9.10. The molecule has 1 N–H and O–H groups in total. The van der Waals surface area contributed by atoms with Crippen molar-refractivity contribution >= 4 is 39.1 Å². The predicted octanol–water partition coefficient (Wildman–Crippen LogP) is 4.66. The fraction of sp³-hybridized carbons (Fsp3) is 0.0714. The summed E-state index contributed by atoms with van der Waals surface area (Å²) in [5.74, 6) is -0.151. The van der Waals surface area contributed by atoms with Gasteiger partial charge in [-0.25, -0.2) is 0 Å². The van der Waals surface area contributed by atoms with Crippen molar-refractivity contribution in [2.24, 2.45) is 0 Å². The van der Waals surface area contributed by atoms with E-state index in [1.54, 1.807) is 18.2 Å². The predicted molar refractivity (Wildman–Crippen MR) is 78.3 cm³/mol. The number of halogens is 2. The lowest BCUT2D eigenvalue weighted by molar-refractivity contribution is 0.102. The van der Waals surface area contributed by atoms with Crippen molar-refractivity contribution in [1.29, 1.82) is 0 Å². The zero-order valence-corrected chi connectivity index (χ0v) is 12.0. The van der Waals surface area contributed by atoms with E-state index in [0.717, 1.165) is 15.7 Å². The Morgan fingerprint density at radius 1 is 1.22 bits per heavy atom. The van der Waals surface area contributed by atoms with E-state index < -0.39 is 0 Å². The second-order valence-electron chi connectivity index (χ2n) is 3.88. The summed E-state index contributed by atoms with van der Waals surface area (Å²) in [7, 11) is 0. The van der Waals surface area contributed by atoms with E-state index in [1.807, 2.05) is 31.2 Å². The summed E-state index contributed by atoms with van der Waals surface area (Å²) in [6.07, 6.45) is 0. The van der Waals surface area contributed by atoms with E-state index in [4.69, 9.17) is 11.6 Å². The minimum atomic E-state index is -0.151. The van der Waals surface area contributed by atoms with Gasteiger partial charge in [0.15, 0.2) is 0 Å². The molecule has 2 nitrogen and oxygen atoms in total. The SMILES string of the molecule is Cc1c(Cl)cccc1NC(=O)c1cccc(Br)c1. The minimum absolute atomic E-state index is 0.151. The Labute approximate surface area is 119 Å². The van der Waals surface area contributed by atoms with Crippen LogP contribution in [0.15, 0.2) is 46.9 Å². The van der Waals surface area contributed by atoms with Gasteiger partial charge in [0.2, 0.25) is 0 Å². The molecule has 1 amide bonds. The number of rotatable bonds is 2. The van der Waals surface area contributed by atoms with E-state index in [2.05, 4.69) is 21.2 Å². The topological polar surface area (TPSA) is 29.1 Å². The fourth-order valence-corrected chi connectivity index (χ4v) is 2.14. The maximum absolute atomic E-state index is 12.1. The van der Waals surface area contributed by atoms with E-state index in [0.29, 0.717) is 10.6 Å². The van der Waals surface area contributed by atoms with Gasteiger partial charge in [0.1, 0.15) is 0 Å². The van der Waals surface area contributed by atoms with Crippen LogP contribution in [0.25, 0.3) is 0 Å². The molecule has 0 heterocycles. The molecule has 2 aromatic carbocycles. The molecule has 92 valence electrons. The number of carbonyl (C=O) groups excluding carboxylic acids is 1. The summed E-state index contributed by atoms with van der Waals surface area (Å²) < 4.78 is 0.873. The number of amides is 1. The van der Waals surface area contributed by atoms with Crippen LogP contribution in [0.3, 0.4) is 0 Å². The van der Waals surface area contributed by atoms with Gasteiger partial charge >= 0.3 is 0 Å². The lowest BCUT2D eigenvalue weighted by Gasteiger charge is -2.09. The van der Waals surface area contributed by atoms with Gasteiger partial charge in [0.05, 0.1) is 0 Å². The molecular weight excluding hydrogens is 314 g/mol. The maximum Gasteiger partial charge on any atom is 0.255 e. The van der Waals surface area contributed by atoms with E-state index in [-0.39, 0.29) is 5.91 Å². The highest BCUT2D eigenvalue weighted by Gasteiger charge is 2.09. The zero-order valence-electron chi connectivity index (χ0n) is 9.71. The molecule has 0 radical (unpaired) electrons. The average molecular weight is 325 g/mol. The van der Waals surface area contributed by atoms with Gasteiger partial charge in [-0.15, -0.1) is 0 Å². The summed E-state index contributed by atoms with van der Waals surface area (Å²) in [6, 6.07) is 12.7. The van der Waals surface area contributed by atoms with Crippen LogP contribution in [0.1, 0.15) is 15.9 Å². The van der Waals surface area contributed by atoms with Gasteiger partial charge in [0, 0.05) is 20.7 Å². The Morgan fingerprint density at radius 3 is 2.67 bits per heavy atom. The first-order valence-corrected chi connectivity index (χ1v) is 6.57. The molecule has 0 unspecified atom stereocenters. The second-order valence-corrected chi connectivity index (χ2v) is 5.20. The Balaban J connectivity index is 2.24. The Kier molecular flexibility index (Phi) is 4.04. The summed E-state index contributed by atoms with van der Waals surface area (Å²) in [6.45, 7) is 1.87. The van der Waals surface area contributed by atoms with Crippen LogP contribution in [-0.4, -0.2) is 5.91 Å². The number of hydrogen-bond donors (Lipinski definition) is 1. The van der Waals surface area contributed by atoms with Crippen molar-refractivity contribution in [3.63, 3.8) is 0 Å². The van der Waals surface area contributed by atoms with Crippen molar-refractivity contribution in [3.8, 4) is 0 Å². The standard InChI is InChI=1S/C14H11BrClNO/c1-9-12(16)6-3-7-13(9)17-14(18)10-4-2-5-11(15)8-10/h2-8H,1H3,(H,17,18). The normalized spacial score (nSPS) is 10.2. The van der Waals surface area contributed by atoms with Crippen LogP contribution in [-0.2, 0) is 0 Å². The second kappa shape index (κ2) is 5.55. The molecule has 0 saturated carbocycles. The molecule has 0 atom stereocenters. The lowest BCUT2D eigenvalue weighted by Crippen LogP contribution is -2.12. The lowest BCUT2D eigenvalue weighted by atomic mass is 10.1. The first-order chi connectivity index (χ1) is 8.58. The van der Waals surface area contributed by atoms with Crippen molar-refractivity contribution in [3.05, 3.63) is 63.1 Å². The van der Waals surface area contributed by atoms with Crippen molar-refractivity contribution in [2.75, 3.05) is 5.32 Å². The van der Waals surface area contributed by atoms with Crippen molar-refractivity contribution < 1.29 is 4.79 Å². The number of nitrogens with one attached hydrogen (secondary N) is 1. The van der Waals surface area contributed by atoms with E-state index >= 15 is 0 Å². The molecule has 18 heavy (non-hydrogen) atoms. The zero-order chi connectivity index (χ0) is 13.1. The highest BCUT2D eigenvalue weighted by Crippen LogP contribution is 2.23. The minimum Gasteiger partial charge on any atom is -0.322 e. The molecule has 0 spiro atoms. The first kappa shape index (κ1) is 13.1. The summed E-state index contributed by atoms with van der Waals surface area (Å²) in [5, 5.41) is 3.49. The van der Waals surface area contributed by atoms with Gasteiger partial charge in [-0.2, -0.15) is 0 Å². The molecule has 0 bridgehead atoms. The van der Waals surface area contributed by atoms with Crippen LogP contribution in [0.2, 0.25) is 5.02 Å². The third kappa shape index (κ3) is 2.92. The highest BCUT2D eigenvalue weighted by atomic mass is 79.9. The van der Waals surface area contributed by atoms with Gasteiger partial charge in [-0.1, -0.05) is 39.7 Å². The Morgan fingerprint density at radius 2 is 1.94 bits per heavy atom. The van der Waals surface area contributed by atoms with Crippen molar-refractivity contribution in [2.45, 2.75) is 6.92 Å². The molecule has 2 rings (SSSR count). The van der Waals surface area contributed by atoms with Crippen LogP contribution >= 0.6 is 27.5 Å². The third-order valence-electron chi connectivity index (χ3n) is 2.60. The first-order valence-electron chi connectivity index (χ1n) is 5.40. The van der Waals surface area contributed by atoms with Crippen LogP contribution in [0.5, 0.6) is 0 Å². The van der Waals surface area contributed by atoms with E-state index in [1.165, 1.54) is 0 Å². The molecule has 0 aliphatic rings. The van der Waals surface area contributed by atoms with E-state index in [9.17, 15) is 4.79 Å². The van der Waals surface area contributed by atoms with Crippen molar-refractivity contribution in [1.82, 2.24) is 0 Å². The number of anilines is 1. The van der Waals surface area contributed by atoms with Crippen LogP contribution in [0, 0.1) is 6.92 Å². The molecule has 0 fully saturated rings. The Bertz CT molecular complexity index is 598. The third-order valence-corrected chi connectivity index (χ3v) is 3.51. The molecule has 0 aromatic heterocycles. The van der Waals surface area contributed by atoms with Gasteiger partial charge in [-0.3, -0.25) is 4.79 Å². The Hall–Kier alpha value is -1.32. The van der Waals surface area contributed by atoms with Gasteiger partial charge in [-0.05, 0) is 42.8 Å². The maximum atomic E-state index is 12.1.